The van der Waals surface area contributed by atoms with Crippen LogP contribution in [0.1, 0.15) is 156 Å². The van der Waals surface area contributed by atoms with E-state index in [-0.39, 0.29) is 97.4 Å². The molecule has 10 amide bonds. The summed E-state index contributed by atoms with van der Waals surface area (Å²) in [5, 5.41) is 29.6. The zero-order valence-corrected chi connectivity index (χ0v) is 66.7. The van der Waals surface area contributed by atoms with Crippen LogP contribution in [0, 0.1) is 23.7 Å². The predicted molar refractivity (Wildman–Crippen MR) is 423 cm³/mol. The van der Waals surface area contributed by atoms with Gasteiger partial charge in [0, 0.05) is 43.4 Å². The van der Waals surface area contributed by atoms with Gasteiger partial charge in [-0.15, -0.1) is 0 Å². The quantitative estimate of drug-likeness (QED) is 0.0127. The molecule has 5 fully saturated rings. The molecule has 5 aliphatic heterocycles. The van der Waals surface area contributed by atoms with Crippen LogP contribution in [0.5, 0.6) is 0 Å². The fraction of sp³-hybridized carbons (Fsp3) is 0.583. The first-order valence-electron chi connectivity index (χ1n) is 39.4. The fourth-order valence-corrected chi connectivity index (χ4v) is 15.5. The summed E-state index contributed by atoms with van der Waals surface area (Å²) in [5.74, 6) is -2.80. The first-order chi connectivity index (χ1) is 52.5. The van der Waals surface area contributed by atoms with Crippen LogP contribution in [0.4, 0.5) is 4.79 Å². The van der Waals surface area contributed by atoms with Crippen LogP contribution in [-0.4, -0.2) is 198 Å². The SMILES string of the molecule is CC(C)C[C@H](NC(=O)[C@H](CCc1ccccc1)NC(=O)CCCCC1SC[C@@H]2NC(=O)N[C@H]12)C(=O)N[C@@H](Cc1ccccc1)C(=O)N[C@@H](CC(C)C)C(=O)[C@@]1(C)CO1.CC(C)C[C@H](NC(=O)[C@H](CCc1ccccc1)NC(=O)CN1CCOCC1)C(=O)N[C@@H](Cc1ccccc1)C(=O)N[C@@H](CC(C)C)C(=O)[C@@]1(C)CO1. The Balaban J connectivity index is 0.000000278. The molecule has 0 saturated carbocycles. The monoisotopic (exact) mass is 1540 g/mol. The summed E-state index contributed by atoms with van der Waals surface area (Å²) < 4.78 is 16.2. The molecule has 5 saturated heterocycles. The van der Waals surface area contributed by atoms with Gasteiger partial charge < -0.3 is 67.4 Å². The lowest BCUT2D eigenvalue weighted by molar-refractivity contribution is -0.135. The van der Waals surface area contributed by atoms with E-state index >= 15 is 0 Å². The number of aryl methyl sites for hydroxylation is 2. The van der Waals surface area contributed by atoms with E-state index in [4.69, 9.17) is 14.2 Å². The number of fused-ring (bicyclic) bond motifs is 1. The second-order valence-corrected chi connectivity index (χ2v) is 33.3. The van der Waals surface area contributed by atoms with Gasteiger partial charge in [-0.25, -0.2) is 4.79 Å². The number of rotatable bonds is 43. The molecule has 13 atom stereocenters. The van der Waals surface area contributed by atoms with E-state index in [1.807, 2.05) is 193 Å². The average molecular weight is 1540 g/mol. The Morgan fingerprint density at radius 3 is 1.21 bits per heavy atom. The van der Waals surface area contributed by atoms with E-state index < -0.39 is 95.0 Å². The maximum atomic E-state index is 14.2. The number of ketones is 2. The molecule has 26 heteroatoms. The molecule has 4 aromatic carbocycles. The minimum atomic E-state index is -1.04. The highest BCUT2D eigenvalue weighted by Gasteiger charge is 2.52. The minimum Gasteiger partial charge on any atom is -0.379 e. The lowest BCUT2D eigenvalue weighted by atomic mass is 9.93. The number of hydrogen-bond acceptors (Lipinski definition) is 16. The Bertz CT molecular complexity index is 3670. The van der Waals surface area contributed by atoms with Crippen LogP contribution in [-0.2, 0) is 87.8 Å². The molecule has 4 aromatic rings. The van der Waals surface area contributed by atoms with Crippen LogP contribution in [0.3, 0.4) is 0 Å². The average Bonchev–Trinajstić information content (AvgIpc) is 1.68. The molecule has 9 rings (SSSR count). The highest BCUT2D eigenvalue weighted by atomic mass is 32.2. The Labute approximate surface area is 653 Å². The van der Waals surface area contributed by atoms with Gasteiger partial charge in [-0.1, -0.05) is 183 Å². The summed E-state index contributed by atoms with van der Waals surface area (Å²) in [5.41, 5.74) is 1.81. The molecule has 0 bridgehead atoms. The van der Waals surface area contributed by atoms with Crippen molar-refractivity contribution in [3.8, 4) is 0 Å². The molecule has 1 unspecified atom stereocenters. The van der Waals surface area contributed by atoms with Crippen molar-refractivity contribution in [3.05, 3.63) is 144 Å². The number of amides is 10. The molecule has 0 aliphatic carbocycles. The van der Waals surface area contributed by atoms with Gasteiger partial charge in [0.2, 0.25) is 47.3 Å². The van der Waals surface area contributed by atoms with Gasteiger partial charge in [0.25, 0.3) is 0 Å². The fourth-order valence-electron chi connectivity index (χ4n) is 14.0. The minimum absolute atomic E-state index is 0.00350. The predicted octanol–water partition coefficient (Wildman–Crippen LogP) is 6.56. The molecular formula is C84H119N11O14S. The Morgan fingerprint density at radius 1 is 0.455 bits per heavy atom. The molecule has 0 radical (unpaired) electrons. The largest absolute Gasteiger partial charge is 0.379 e. The van der Waals surface area contributed by atoms with Crippen molar-refractivity contribution in [2.75, 3.05) is 51.8 Å². The number of ether oxygens (including phenoxy) is 3. The van der Waals surface area contributed by atoms with Gasteiger partial charge in [-0.05, 0) is 124 Å². The molecule has 5 heterocycles. The third kappa shape index (κ3) is 28.6. The van der Waals surface area contributed by atoms with Crippen LogP contribution in [0.15, 0.2) is 121 Å². The Morgan fingerprint density at radius 2 is 0.809 bits per heavy atom. The van der Waals surface area contributed by atoms with Crippen molar-refractivity contribution >= 4 is 76.6 Å². The first-order valence-corrected chi connectivity index (χ1v) is 40.5. The van der Waals surface area contributed by atoms with Gasteiger partial charge in [0.1, 0.15) is 47.5 Å². The van der Waals surface area contributed by atoms with Crippen molar-refractivity contribution in [2.24, 2.45) is 23.7 Å². The van der Waals surface area contributed by atoms with Crippen molar-refractivity contribution < 1.29 is 67.0 Å². The molecule has 110 heavy (non-hydrogen) atoms. The van der Waals surface area contributed by atoms with E-state index in [9.17, 15) is 52.7 Å². The number of urea groups is 1. The molecule has 600 valence electrons. The number of nitrogens with zero attached hydrogens (tertiary/aromatic N) is 1. The number of hydrogen-bond donors (Lipinski definition) is 10. The lowest BCUT2D eigenvalue weighted by Crippen LogP contribution is -2.59. The van der Waals surface area contributed by atoms with Gasteiger partial charge in [-0.3, -0.25) is 52.8 Å². The van der Waals surface area contributed by atoms with Gasteiger partial charge >= 0.3 is 6.03 Å². The van der Waals surface area contributed by atoms with Crippen molar-refractivity contribution in [1.29, 1.82) is 0 Å². The van der Waals surface area contributed by atoms with Crippen LogP contribution < -0.4 is 53.2 Å². The van der Waals surface area contributed by atoms with Crippen molar-refractivity contribution in [1.82, 2.24) is 58.1 Å². The number of epoxide rings is 2. The lowest BCUT2D eigenvalue weighted by Gasteiger charge is -2.29. The van der Waals surface area contributed by atoms with Crippen LogP contribution in [0.25, 0.3) is 0 Å². The third-order valence-electron chi connectivity index (χ3n) is 20.4. The van der Waals surface area contributed by atoms with Gasteiger partial charge in [0.05, 0.1) is 57.1 Å². The zero-order valence-electron chi connectivity index (χ0n) is 65.8. The number of morpholine rings is 1. The summed E-state index contributed by atoms with van der Waals surface area (Å²) in [6.07, 6.45) is 6.02. The summed E-state index contributed by atoms with van der Waals surface area (Å²) in [6.45, 7) is 22.2. The van der Waals surface area contributed by atoms with Gasteiger partial charge in [0.15, 0.2) is 11.6 Å². The zero-order chi connectivity index (χ0) is 79.5. The summed E-state index contributed by atoms with van der Waals surface area (Å²) in [7, 11) is 0. The number of Topliss-reactive ketones (excluding diaryl/α,β-unsaturated/α-hetero) is 2. The molecular weight excluding hydrogens is 1420 g/mol. The number of benzene rings is 4. The van der Waals surface area contributed by atoms with E-state index in [2.05, 4.69) is 53.2 Å². The second kappa shape index (κ2) is 42.7. The topological polar surface area (TPSA) is 346 Å². The van der Waals surface area contributed by atoms with E-state index in [0.717, 1.165) is 40.8 Å². The number of unbranched alkanes of at least 4 members (excludes halogenated alkanes) is 1. The number of thioether (sulfide) groups is 1. The van der Waals surface area contributed by atoms with E-state index in [1.165, 1.54) is 0 Å². The van der Waals surface area contributed by atoms with E-state index in [1.54, 1.807) is 13.8 Å². The second-order valence-electron chi connectivity index (χ2n) is 32.1. The number of nitrogens with one attached hydrogen (secondary N) is 10. The number of carbonyl (C=O) groups is 11. The maximum Gasteiger partial charge on any atom is 0.315 e. The highest BCUT2D eigenvalue weighted by Crippen LogP contribution is 2.34. The summed E-state index contributed by atoms with van der Waals surface area (Å²) >= 11 is 1.84. The highest BCUT2D eigenvalue weighted by molar-refractivity contribution is 8.00. The van der Waals surface area contributed by atoms with E-state index in [0.29, 0.717) is 96.1 Å². The Hall–Kier alpha value is -8.56. The van der Waals surface area contributed by atoms with Gasteiger partial charge in [-0.2, -0.15) is 11.8 Å². The van der Waals surface area contributed by atoms with Crippen LogP contribution in [0.2, 0.25) is 0 Å². The van der Waals surface area contributed by atoms with Crippen molar-refractivity contribution in [3.63, 3.8) is 0 Å². The first kappa shape index (κ1) is 87.0. The third-order valence-corrected chi connectivity index (χ3v) is 21.9. The smallest absolute Gasteiger partial charge is 0.315 e. The molecule has 0 aromatic heterocycles. The standard InChI is InChI=1S/C44H62N6O7S.C40H57N5O7/c1-27(2)22-32(39(52)44(5)26-57-44)46-42(55)34(24-30-16-10-7-11-17-30)48-41(54)33(23-28(3)4)47-40(53)31(21-20-29-14-8-6-9-15-29)45-37(51)19-13-12-18-36-38-35(25-58-36)49-43(56)50-38;1-27(2)22-32(36(47)40(5)26-52-40)42-39(50)34(24-30-14-10-7-11-15-30)44-38(49)33(23-28(3)4)43-37(48)31(17-16-29-12-8-6-9-13-29)41-35(46)25-45-18-20-51-21-19-45/h6-11,14-17,27-28,31-36,38H,12-13,18-26H2,1-5H3,(H,45,51)(H,46,55)(H,47,53)(H,48,54)(H2,49,50,56);6-15,27-28,31-34H,16-26H2,1-5H3,(H,41,46)(H,42,50)(H,43,48)(H,44,49)/t31-,32-,33-,34-,35-,36?,38-,44+;31-,32-,33-,34-,40+/m00/s1. The number of carbonyl (C=O) groups excluding carboxylic acids is 11. The van der Waals surface area contributed by atoms with Crippen molar-refractivity contribution in [2.45, 2.75) is 236 Å². The molecule has 25 nitrogen and oxygen atoms in total. The van der Waals surface area contributed by atoms with Crippen LogP contribution >= 0.6 is 11.8 Å². The normalized spacial score (nSPS) is 21.3. The molecule has 0 spiro atoms. The Kier molecular flexibility index (Phi) is 33.8. The molecule has 5 aliphatic rings. The summed E-state index contributed by atoms with van der Waals surface area (Å²) in [4.78, 5) is 151. The maximum absolute atomic E-state index is 14.2. The molecule has 10 N–H and O–H groups in total. The summed E-state index contributed by atoms with van der Waals surface area (Å²) in [6, 6.07) is 30.7.